The van der Waals surface area contributed by atoms with Gasteiger partial charge >= 0.3 is 23.6 Å². The van der Waals surface area contributed by atoms with E-state index >= 15 is 0 Å². The molecule has 33 heavy (non-hydrogen) atoms. The number of benzene rings is 2. The second kappa shape index (κ2) is 11.6. The van der Waals surface area contributed by atoms with Crippen LogP contribution in [0.5, 0.6) is 0 Å². The Morgan fingerprint density at radius 1 is 0.727 bits per heavy atom. The number of rotatable bonds is 7. The molecule has 0 aliphatic carbocycles. The molecular weight excluding hydrogens is 426 g/mol. The molecule has 0 radical (unpaired) electrons. The van der Waals surface area contributed by atoms with E-state index in [9.17, 15) is 19.2 Å². The van der Waals surface area contributed by atoms with E-state index in [4.69, 9.17) is 4.42 Å². The molecule has 1 heterocycles. The topological polar surface area (TPSA) is 142 Å². The Morgan fingerprint density at radius 2 is 1.36 bits per heavy atom. The van der Waals surface area contributed by atoms with E-state index in [1.54, 1.807) is 42.5 Å². The average molecular weight is 447 g/mol. The molecule has 0 aliphatic rings. The number of hydrogen-bond donors (Lipinski definition) is 4. The van der Waals surface area contributed by atoms with Gasteiger partial charge in [-0.3, -0.25) is 19.2 Å². The Balaban J connectivity index is 1.39. The van der Waals surface area contributed by atoms with Crippen molar-refractivity contribution in [1.29, 1.82) is 0 Å². The predicted octanol–water partition coefficient (Wildman–Crippen LogP) is 1.30. The molecule has 10 nitrogen and oxygen atoms in total. The maximum atomic E-state index is 11.9. The van der Waals surface area contributed by atoms with Crippen LogP contribution >= 0.6 is 0 Å². The van der Waals surface area contributed by atoms with Gasteiger partial charge in [-0.1, -0.05) is 48.5 Å². The summed E-state index contributed by atoms with van der Waals surface area (Å²) in [7, 11) is 0. The lowest BCUT2D eigenvalue weighted by Crippen LogP contribution is -2.37. The van der Waals surface area contributed by atoms with Crippen molar-refractivity contribution in [2.45, 2.75) is 13.1 Å². The van der Waals surface area contributed by atoms with Gasteiger partial charge in [0.15, 0.2) is 0 Å². The Morgan fingerprint density at radius 3 is 2.09 bits per heavy atom. The van der Waals surface area contributed by atoms with E-state index in [1.165, 1.54) is 6.21 Å². The van der Waals surface area contributed by atoms with E-state index in [-0.39, 0.29) is 18.8 Å². The molecule has 2 aromatic carbocycles. The van der Waals surface area contributed by atoms with E-state index in [2.05, 4.69) is 26.5 Å². The number of hydrazone groups is 1. The van der Waals surface area contributed by atoms with Gasteiger partial charge < -0.3 is 20.4 Å². The van der Waals surface area contributed by atoms with Crippen molar-refractivity contribution in [2.24, 2.45) is 5.10 Å². The van der Waals surface area contributed by atoms with Crippen molar-refractivity contribution in [2.75, 3.05) is 5.32 Å². The minimum absolute atomic E-state index is 0.0247. The van der Waals surface area contributed by atoms with Crippen molar-refractivity contribution in [3.8, 4) is 0 Å². The number of anilines is 1. The lowest BCUT2D eigenvalue weighted by molar-refractivity contribution is -0.139. The van der Waals surface area contributed by atoms with Crippen LogP contribution in [0.2, 0.25) is 0 Å². The molecule has 0 saturated carbocycles. The highest BCUT2D eigenvalue weighted by molar-refractivity contribution is 6.39. The van der Waals surface area contributed by atoms with Crippen LogP contribution in [0.25, 0.3) is 0 Å². The lowest BCUT2D eigenvalue weighted by atomic mass is 10.2. The lowest BCUT2D eigenvalue weighted by Gasteiger charge is -2.05. The van der Waals surface area contributed by atoms with Crippen molar-refractivity contribution in [3.63, 3.8) is 0 Å². The summed E-state index contributed by atoms with van der Waals surface area (Å²) in [4.78, 5) is 47.4. The third-order valence-electron chi connectivity index (χ3n) is 4.20. The second-order valence-corrected chi connectivity index (χ2v) is 6.67. The van der Waals surface area contributed by atoms with Gasteiger partial charge in [-0.05, 0) is 29.8 Å². The van der Waals surface area contributed by atoms with Gasteiger partial charge in [0, 0.05) is 12.2 Å². The maximum Gasteiger partial charge on any atom is 0.329 e. The molecule has 0 atom stereocenters. The molecule has 0 bridgehead atoms. The Hall–Kier alpha value is -4.73. The minimum Gasteiger partial charge on any atom is -0.458 e. The molecule has 0 saturated heterocycles. The molecule has 0 spiro atoms. The molecule has 0 aliphatic heterocycles. The fraction of sp³-hybridized carbons (Fsp3) is 0.0870. The standard InChI is InChI=1S/C23H21N5O5/c29-20(22(31)27-17-9-5-2-6-10-17)25-14-18-11-12-19(33-18)15-26-28-23(32)21(30)24-13-16-7-3-1-4-8-16/h1-12,15H,13-14H2,(H,24,30)(H,25,29)(H,27,31)(H,28,32)/b26-15-. The van der Waals surface area contributed by atoms with E-state index < -0.39 is 23.6 Å². The summed E-state index contributed by atoms with van der Waals surface area (Å²) >= 11 is 0. The van der Waals surface area contributed by atoms with Crippen LogP contribution in [0.1, 0.15) is 17.1 Å². The van der Waals surface area contributed by atoms with Crippen LogP contribution in [-0.2, 0) is 32.3 Å². The van der Waals surface area contributed by atoms with E-state index in [0.717, 1.165) is 5.56 Å². The normalized spacial score (nSPS) is 10.4. The fourth-order valence-electron chi connectivity index (χ4n) is 2.58. The SMILES string of the molecule is O=C(NCc1ccccc1)C(=O)N/N=C\c1ccc(CNC(=O)C(=O)Nc2ccccc2)o1. The maximum absolute atomic E-state index is 11.9. The fourth-order valence-corrected chi connectivity index (χ4v) is 2.58. The third-order valence-corrected chi connectivity index (χ3v) is 4.20. The van der Waals surface area contributed by atoms with E-state index in [0.29, 0.717) is 11.4 Å². The molecule has 3 rings (SSSR count). The molecule has 168 valence electrons. The molecule has 10 heteroatoms. The summed E-state index contributed by atoms with van der Waals surface area (Å²) in [6, 6.07) is 20.9. The second-order valence-electron chi connectivity index (χ2n) is 6.67. The molecule has 0 fully saturated rings. The molecule has 4 N–H and O–H groups in total. The van der Waals surface area contributed by atoms with Gasteiger partial charge in [0.2, 0.25) is 0 Å². The number of furan rings is 1. The highest BCUT2D eigenvalue weighted by Gasteiger charge is 2.14. The summed E-state index contributed by atoms with van der Waals surface area (Å²) in [6.07, 6.45) is 1.20. The number of nitrogens with one attached hydrogen (secondary N) is 4. The molecule has 3 aromatic rings. The van der Waals surface area contributed by atoms with Gasteiger partial charge in [-0.25, -0.2) is 5.43 Å². The first-order valence-corrected chi connectivity index (χ1v) is 9.89. The smallest absolute Gasteiger partial charge is 0.329 e. The number of hydrogen-bond acceptors (Lipinski definition) is 6. The molecule has 0 unspecified atom stereocenters. The van der Waals surface area contributed by atoms with Crippen LogP contribution in [-0.4, -0.2) is 29.8 Å². The van der Waals surface area contributed by atoms with Crippen LogP contribution in [0.15, 0.2) is 82.3 Å². The monoisotopic (exact) mass is 447 g/mol. The largest absolute Gasteiger partial charge is 0.458 e. The molecular formula is C23H21N5O5. The summed E-state index contributed by atoms with van der Waals surface area (Å²) in [5.41, 5.74) is 3.46. The van der Waals surface area contributed by atoms with E-state index in [1.807, 2.05) is 30.3 Å². The summed E-state index contributed by atoms with van der Waals surface area (Å²) in [5, 5.41) is 11.1. The number of carbonyl (C=O) groups is 4. The van der Waals surface area contributed by atoms with Gasteiger partial charge in [-0.15, -0.1) is 0 Å². The van der Waals surface area contributed by atoms with Crippen molar-refractivity contribution >= 4 is 35.5 Å². The van der Waals surface area contributed by atoms with Gasteiger partial charge in [0.25, 0.3) is 0 Å². The Labute approximate surface area is 189 Å². The zero-order valence-electron chi connectivity index (χ0n) is 17.4. The van der Waals surface area contributed by atoms with Crippen LogP contribution in [0.4, 0.5) is 5.69 Å². The van der Waals surface area contributed by atoms with Crippen molar-refractivity contribution in [3.05, 3.63) is 89.9 Å². The highest BCUT2D eigenvalue weighted by Crippen LogP contribution is 2.06. The first-order chi connectivity index (χ1) is 16.0. The van der Waals surface area contributed by atoms with Crippen LogP contribution in [0.3, 0.4) is 0 Å². The predicted molar refractivity (Wildman–Crippen MR) is 120 cm³/mol. The number of amides is 4. The first-order valence-electron chi connectivity index (χ1n) is 9.89. The van der Waals surface area contributed by atoms with Crippen molar-refractivity contribution in [1.82, 2.24) is 16.1 Å². The van der Waals surface area contributed by atoms with Crippen LogP contribution in [0, 0.1) is 0 Å². The molecule has 1 aromatic heterocycles. The Bertz CT molecular complexity index is 1140. The quantitative estimate of drug-likeness (QED) is 0.245. The zero-order valence-corrected chi connectivity index (χ0v) is 17.4. The number of para-hydroxylation sites is 1. The minimum atomic E-state index is -0.925. The number of nitrogens with zero attached hydrogens (tertiary/aromatic N) is 1. The van der Waals surface area contributed by atoms with Gasteiger partial charge in [0.05, 0.1) is 12.8 Å². The third kappa shape index (κ3) is 7.47. The van der Waals surface area contributed by atoms with Crippen LogP contribution < -0.4 is 21.4 Å². The van der Waals surface area contributed by atoms with Gasteiger partial charge in [-0.2, -0.15) is 5.10 Å². The van der Waals surface area contributed by atoms with Crippen molar-refractivity contribution < 1.29 is 23.6 Å². The number of carbonyl (C=O) groups excluding carboxylic acids is 4. The highest BCUT2D eigenvalue weighted by atomic mass is 16.3. The Kier molecular flexibility index (Phi) is 8.07. The molecule has 4 amide bonds. The summed E-state index contributed by atoms with van der Waals surface area (Å²) in [6.45, 7) is 0.191. The first kappa shape index (κ1) is 22.9. The summed E-state index contributed by atoms with van der Waals surface area (Å²) in [5.74, 6) is -2.73. The zero-order chi connectivity index (χ0) is 23.5. The van der Waals surface area contributed by atoms with Gasteiger partial charge in [0.1, 0.15) is 11.5 Å². The average Bonchev–Trinajstić information content (AvgIpc) is 3.29. The summed E-state index contributed by atoms with van der Waals surface area (Å²) < 4.78 is 5.43.